The second-order valence-corrected chi connectivity index (χ2v) is 5.29. The molecule has 19 heavy (non-hydrogen) atoms. The van der Waals surface area contributed by atoms with Gasteiger partial charge in [0.15, 0.2) is 0 Å². The number of carbonyl (C=O) groups excluding carboxylic acids is 1. The first-order chi connectivity index (χ1) is 9.17. The molecule has 5 heteroatoms. The summed E-state index contributed by atoms with van der Waals surface area (Å²) in [6, 6.07) is 1.48. The molecule has 1 heterocycles. The highest BCUT2D eigenvalue weighted by molar-refractivity contribution is 5.96. The molecule has 5 nitrogen and oxygen atoms in total. The fraction of sp³-hybridized carbons (Fsp3) is 0.571. The van der Waals surface area contributed by atoms with Crippen molar-refractivity contribution in [3.05, 3.63) is 24.0 Å². The number of nitrogens with zero attached hydrogens (tertiary/aromatic N) is 1. The average Bonchev–Trinajstić information content (AvgIpc) is 2.46. The van der Waals surface area contributed by atoms with Gasteiger partial charge in [-0.15, -0.1) is 0 Å². The van der Waals surface area contributed by atoms with E-state index >= 15 is 0 Å². The molecule has 0 atom stereocenters. The highest BCUT2D eigenvalue weighted by Crippen LogP contribution is 2.35. The molecule has 1 aromatic heterocycles. The summed E-state index contributed by atoms with van der Waals surface area (Å²) in [4.78, 5) is 15.7. The number of nitrogens with one attached hydrogen (secondary N) is 1. The maximum absolute atomic E-state index is 12.0. The summed E-state index contributed by atoms with van der Waals surface area (Å²) in [5.41, 5.74) is 0.0233. The lowest BCUT2D eigenvalue weighted by Gasteiger charge is -2.35. The summed E-state index contributed by atoms with van der Waals surface area (Å²) >= 11 is 0. The number of hydrogen-bond donors (Lipinski definition) is 3. The zero-order valence-electron chi connectivity index (χ0n) is 10.9. The molecule has 1 fully saturated rings. The normalized spacial score (nSPS) is 17.9. The zero-order chi connectivity index (χ0) is 13.7. The zero-order valence-corrected chi connectivity index (χ0v) is 10.9. The first-order valence-corrected chi connectivity index (χ1v) is 6.69. The second-order valence-electron chi connectivity index (χ2n) is 5.29. The van der Waals surface area contributed by atoms with Crippen molar-refractivity contribution in [2.24, 2.45) is 5.41 Å². The molecule has 0 radical (unpaired) electrons. The topological polar surface area (TPSA) is 82.5 Å². The van der Waals surface area contributed by atoms with Gasteiger partial charge in [-0.1, -0.05) is 19.3 Å². The van der Waals surface area contributed by atoms with Crippen LogP contribution in [0.4, 0.5) is 0 Å². The van der Waals surface area contributed by atoms with Gasteiger partial charge in [-0.3, -0.25) is 9.78 Å². The molecule has 0 spiro atoms. The lowest BCUT2D eigenvalue weighted by molar-refractivity contribution is 0.0716. The maximum Gasteiger partial charge on any atom is 0.255 e. The van der Waals surface area contributed by atoms with Crippen molar-refractivity contribution in [1.82, 2.24) is 10.3 Å². The van der Waals surface area contributed by atoms with Crippen molar-refractivity contribution < 1.29 is 15.0 Å². The Morgan fingerprint density at radius 2 is 2.11 bits per heavy atom. The molecule has 0 unspecified atom stereocenters. The number of carbonyl (C=O) groups is 1. The van der Waals surface area contributed by atoms with E-state index in [9.17, 15) is 15.0 Å². The number of pyridine rings is 1. The fourth-order valence-electron chi connectivity index (χ4n) is 2.63. The van der Waals surface area contributed by atoms with Crippen LogP contribution in [0.3, 0.4) is 0 Å². The molecule has 0 aromatic carbocycles. The molecule has 1 amide bonds. The number of hydrogen-bond acceptors (Lipinski definition) is 4. The minimum Gasteiger partial charge on any atom is -0.505 e. The van der Waals surface area contributed by atoms with Gasteiger partial charge >= 0.3 is 0 Å². The van der Waals surface area contributed by atoms with Crippen LogP contribution in [0, 0.1) is 5.41 Å². The largest absolute Gasteiger partial charge is 0.505 e. The second kappa shape index (κ2) is 6.02. The SMILES string of the molecule is O=C(NCC1(CO)CCCCC1)c1ccncc1O. The van der Waals surface area contributed by atoms with E-state index < -0.39 is 0 Å². The van der Waals surface area contributed by atoms with Gasteiger partial charge in [0.2, 0.25) is 0 Å². The molecule has 3 N–H and O–H groups in total. The fourth-order valence-corrected chi connectivity index (χ4v) is 2.63. The Morgan fingerprint density at radius 1 is 1.37 bits per heavy atom. The Balaban J connectivity index is 1.98. The first-order valence-electron chi connectivity index (χ1n) is 6.69. The molecule has 0 bridgehead atoms. The highest BCUT2D eigenvalue weighted by Gasteiger charge is 2.31. The number of amides is 1. The lowest BCUT2D eigenvalue weighted by Crippen LogP contribution is -2.41. The quantitative estimate of drug-likeness (QED) is 0.769. The molecule has 1 aliphatic rings. The summed E-state index contributed by atoms with van der Waals surface area (Å²) in [6.45, 7) is 0.541. The van der Waals surface area contributed by atoms with Crippen molar-refractivity contribution in [3.8, 4) is 5.75 Å². The highest BCUT2D eigenvalue weighted by atomic mass is 16.3. The van der Waals surface area contributed by atoms with E-state index in [0.717, 1.165) is 25.7 Å². The van der Waals surface area contributed by atoms with Crippen molar-refractivity contribution in [2.45, 2.75) is 32.1 Å². The van der Waals surface area contributed by atoms with Gasteiger partial charge in [0, 0.05) is 18.2 Å². The third-order valence-electron chi connectivity index (χ3n) is 3.92. The van der Waals surface area contributed by atoms with Gasteiger partial charge in [0.25, 0.3) is 5.91 Å². The van der Waals surface area contributed by atoms with Crippen LogP contribution >= 0.6 is 0 Å². The first kappa shape index (κ1) is 13.8. The monoisotopic (exact) mass is 264 g/mol. The van der Waals surface area contributed by atoms with Gasteiger partial charge in [-0.2, -0.15) is 0 Å². The number of rotatable bonds is 4. The third kappa shape index (κ3) is 3.23. The van der Waals surface area contributed by atoms with Gasteiger partial charge in [0.1, 0.15) is 5.75 Å². The van der Waals surface area contributed by atoms with Crippen LogP contribution in [0.1, 0.15) is 42.5 Å². The van der Waals surface area contributed by atoms with Crippen molar-refractivity contribution in [1.29, 1.82) is 0 Å². The van der Waals surface area contributed by atoms with Crippen molar-refractivity contribution in [3.63, 3.8) is 0 Å². The summed E-state index contributed by atoms with van der Waals surface area (Å²) < 4.78 is 0. The number of aliphatic hydroxyl groups is 1. The summed E-state index contributed by atoms with van der Waals surface area (Å²) in [5.74, 6) is -0.444. The molecule has 104 valence electrons. The van der Waals surface area contributed by atoms with Crippen LogP contribution < -0.4 is 5.32 Å². The summed E-state index contributed by atoms with van der Waals surface area (Å²) in [6.07, 6.45) is 7.97. The Morgan fingerprint density at radius 3 is 2.74 bits per heavy atom. The molecule has 1 aromatic rings. The van der Waals surface area contributed by atoms with Crippen molar-refractivity contribution >= 4 is 5.91 Å². The van der Waals surface area contributed by atoms with E-state index in [-0.39, 0.29) is 29.2 Å². The molecule has 2 rings (SSSR count). The molecule has 1 saturated carbocycles. The smallest absolute Gasteiger partial charge is 0.255 e. The Labute approximate surface area is 112 Å². The van der Waals surface area contributed by atoms with Crippen LogP contribution in [0.5, 0.6) is 5.75 Å². The average molecular weight is 264 g/mol. The number of aromatic hydroxyl groups is 1. The number of aliphatic hydroxyl groups excluding tert-OH is 1. The van der Waals surface area contributed by atoms with Gasteiger partial charge in [0.05, 0.1) is 18.4 Å². The predicted molar refractivity (Wildman–Crippen MR) is 70.8 cm³/mol. The van der Waals surface area contributed by atoms with Crippen LogP contribution in [0.25, 0.3) is 0 Å². The molecule has 1 aliphatic carbocycles. The minimum absolute atomic E-state index is 0.0929. The Kier molecular flexibility index (Phi) is 4.37. The van der Waals surface area contributed by atoms with Crippen LogP contribution in [0.15, 0.2) is 18.5 Å². The standard InChI is InChI=1S/C14H20N2O3/c17-10-14(5-2-1-3-6-14)9-16-13(19)11-4-7-15-8-12(11)18/h4,7-8,17-18H,1-3,5-6,9-10H2,(H,16,19). The van der Waals surface area contributed by atoms with Crippen molar-refractivity contribution in [2.75, 3.05) is 13.2 Å². The van der Waals surface area contributed by atoms with Gasteiger partial charge in [-0.25, -0.2) is 0 Å². The van der Waals surface area contributed by atoms with E-state index in [0.29, 0.717) is 6.54 Å². The summed E-state index contributed by atoms with van der Waals surface area (Å²) in [7, 11) is 0. The van der Waals surface area contributed by atoms with Crippen LogP contribution in [0.2, 0.25) is 0 Å². The third-order valence-corrected chi connectivity index (χ3v) is 3.92. The number of aromatic nitrogens is 1. The van der Waals surface area contributed by atoms with E-state index in [1.807, 2.05) is 0 Å². The minimum atomic E-state index is -0.321. The molecule has 0 aliphatic heterocycles. The Hall–Kier alpha value is -1.62. The van der Waals surface area contributed by atoms with Gasteiger partial charge < -0.3 is 15.5 Å². The van der Waals surface area contributed by atoms with E-state index in [2.05, 4.69) is 10.3 Å². The molecular formula is C14H20N2O3. The van der Waals surface area contributed by atoms with E-state index in [1.54, 1.807) is 0 Å². The predicted octanol–water partition coefficient (Wildman–Crippen LogP) is 1.46. The van der Waals surface area contributed by atoms with E-state index in [1.165, 1.54) is 24.9 Å². The summed E-state index contributed by atoms with van der Waals surface area (Å²) in [5, 5.41) is 22.0. The molecule has 0 saturated heterocycles. The van der Waals surface area contributed by atoms with Crippen LogP contribution in [-0.4, -0.2) is 34.3 Å². The van der Waals surface area contributed by atoms with E-state index in [4.69, 9.17) is 0 Å². The Bertz CT molecular complexity index is 442. The molecular weight excluding hydrogens is 244 g/mol. The van der Waals surface area contributed by atoms with Gasteiger partial charge in [-0.05, 0) is 18.9 Å². The lowest BCUT2D eigenvalue weighted by atomic mass is 9.74. The van der Waals surface area contributed by atoms with Crippen LogP contribution in [-0.2, 0) is 0 Å². The maximum atomic E-state index is 12.0.